The summed E-state index contributed by atoms with van der Waals surface area (Å²) in [5.74, 6) is -14.4. The van der Waals surface area contributed by atoms with Crippen LogP contribution in [-0.4, -0.2) is 290 Å². The minimum absolute atomic E-state index is 0.0192. The largest absolute Gasteiger partial charge is 0.394 e. The zero-order chi connectivity index (χ0) is 81.8. The molecule has 6 fully saturated rings. The first-order valence-corrected chi connectivity index (χ1v) is 39.7. The number of alkyl halides is 6. The summed E-state index contributed by atoms with van der Waals surface area (Å²) in [4.78, 5) is 194. The maximum atomic E-state index is 15.8. The third kappa shape index (κ3) is 22.0. The van der Waals surface area contributed by atoms with Gasteiger partial charge in [0.2, 0.25) is 70.9 Å². The van der Waals surface area contributed by atoms with Crippen molar-refractivity contribution in [2.75, 3.05) is 103 Å². The number of likely N-dealkylation sites (N-methyl/N-ethyl adjacent to an activating group) is 7. The third-order valence-corrected chi connectivity index (χ3v) is 24.8. The second kappa shape index (κ2) is 38.6. The first kappa shape index (κ1) is 90.1. The van der Waals surface area contributed by atoms with Crippen molar-refractivity contribution in [3.8, 4) is 0 Å². The van der Waals surface area contributed by atoms with Crippen LogP contribution in [0.25, 0.3) is 0 Å². The average Bonchev–Trinajstić information content (AvgIpc) is 0.920. The lowest BCUT2D eigenvalue weighted by molar-refractivity contribution is -0.215. The van der Waals surface area contributed by atoms with Gasteiger partial charge in [-0.3, -0.25) is 57.5 Å². The molecule has 12 amide bonds. The Morgan fingerprint density at radius 2 is 1.30 bits per heavy atom. The second-order valence-electron chi connectivity index (χ2n) is 33.7. The summed E-state index contributed by atoms with van der Waals surface area (Å²) in [6, 6.07) is -10.9. The summed E-state index contributed by atoms with van der Waals surface area (Å²) < 4.78 is 96.3. The number of rotatable bonds is 15. The second-order valence-corrected chi connectivity index (χ2v) is 33.7. The highest BCUT2D eigenvalue weighted by Crippen LogP contribution is 2.50. The molecular formula is C78H124F6N12O14. The minimum Gasteiger partial charge on any atom is -0.385 e. The van der Waals surface area contributed by atoms with Gasteiger partial charge in [-0.25, -0.2) is 0 Å². The Bertz CT molecular complexity index is 3280. The minimum atomic E-state index is -4.56. The molecule has 622 valence electrons. The molecule has 7 aliphatic rings. The fourth-order valence-electron chi connectivity index (χ4n) is 18.3. The normalized spacial score (nSPS) is 31.4. The molecule has 0 aromatic carbocycles. The number of ether oxygens (including phenoxy) is 2. The van der Waals surface area contributed by atoms with Gasteiger partial charge in [-0.1, -0.05) is 73.0 Å². The smallest absolute Gasteiger partial charge is 0.385 e. The first-order chi connectivity index (χ1) is 51.5. The summed E-state index contributed by atoms with van der Waals surface area (Å²) in [6.07, 6.45) is -4.77. The maximum absolute atomic E-state index is 15.8. The Morgan fingerprint density at radius 3 is 1.89 bits per heavy atom. The van der Waals surface area contributed by atoms with Gasteiger partial charge in [0.15, 0.2) is 0 Å². The van der Waals surface area contributed by atoms with E-state index in [1.165, 1.54) is 88.1 Å². The van der Waals surface area contributed by atoms with Crippen LogP contribution in [0.3, 0.4) is 0 Å². The van der Waals surface area contributed by atoms with Crippen molar-refractivity contribution < 1.29 is 93.4 Å². The van der Waals surface area contributed by atoms with Gasteiger partial charge in [-0.05, 0) is 151 Å². The van der Waals surface area contributed by atoms with Crippen LogP contribution < -0.4 is 16.0 Å². The van der Waals surface area contributed by atoms with Crippen LogP contribution in [0.2, 0.25) is 0 Å². The van der Waals surface area contributed by atoms with Gasteiger partial charge in [0.25, 0.3) is 0 Å². The number of hydrogen-bond acceptors (Lipinski definition) is 14. The molecule has 4 aliphatic carbocycles. The predicted molar refractivity (Wildman–Crippen MR) is 396 cm³/mol. The van der Waals surface area contributed by atoms with Gasteiger partial charge in [0.05, 0.1) is 37.5 Å². The van der Waals surface area contributed by atoms with Crippen molar-refractivity contribution in [1.82, 2.24) is 60.0 Å². The zero-order valence-corrected chi connectivity index (χ0v) is 67.4. The lowest BCUT2D eigenvalue weighted by Gasteiger charge is -2.54. The Balaban J connectivity index is 1.33. The van der Waals surface area contributed by atoms with Gasteiger partial charge in [-0.2, -0.15) is 26.3 Å². The molecule has 2 bridgehead atoms. The van der Waals surface area contributed by atoms with Crippen LogP contribution in [-0.2, 0) is 67.0 Å². The number of carbonyl (C=O) groups excluding carboxylic acids is 12. The van der Waals surface area contributed by atoms with E-state index in [4.69, 9.17) is 9.47 Å². The number of carbonyl (C=O) groups is 12. The Kier molecular flexibility index (Phi) is 31.6. The van der Waals surface area contributed by atoms with Crippen molar-refractivity contribution in [2.24, 2.45) is 46.8 Å². The van der Waals surface area contributed by atoms with Crippen LogP contribution in [0.4, 0.5) is 26.3 Å². The van der Waals surface area contributed by atoms with E-state index in [0.717, 1.165) is 19.6 Å². The molecule has 2 saturated heterocycles. The third-order valence-electron chi connectivity index (χ3n) is 24.8. The predicted octanol–water partition coefficient (Wildman–Crippen LogP) is 6.72. The van der Waals surface area contributed by atoms with E-state index in [0.29, 0.717) is 38.5 Å². The molecule has 7 rings (SSSR count). The topological polar surface area (TPSA) is 289 Å². The number of methoxy groups -OCH3 is 2. The molecule has 3 N–H and O–H groups in total. The summed E-state index contributed by atoms with van der Waals surface area (Å²) >= 11 is 0. The summed E-state index contributed by atoms with van der Waals surface area (Å²) in [5, 5.41) is 8.72. The van der Waals surface area contributed by atoms with Gasteiger partial charge >= 0.3 is 12.4 Å². The van der Waals surface area contributed by atoms with Crippen LogP contribution in [0, 0.1) is 46.8 Å². The number of nitrogens with zero attached hydrogens (tertiary/aromatic N) is 9. The van der Waals surface area contributed by atoms with Gasteiger partial charge in [-0.15, -0.1) is 0 Å². The summed E-state index contributed by atoms with van der Waals surface area (Å²) in [5.41, 5.74) is -2.21. The van der Waals surface area contributed by atoms with E-state index in [1.54, 1.807) is 26.0 Å². The van der Waals surface area contributed by atoms with Crippen molar-refractivity contribution in [3.05, 3.63) is 12.2 Å². The molecule has 110 heavy (non-hydrogen) atoms. The SMILES string of the molecule is CCCN(C)C(=O)[C@@H]1CC(=O)N(C)[C@@H](CCOC)C(=O)N[C@@H]([C@@H](C)CC)C(=O)N(C)CC(=O)N(C)[C@H]2C/C=C\CCN(C2=O)[C@@H](CC2CCC(C(F)(F)F)CC2)C(=O)N(C)CC(=O)N[C@@H](CCC2CCC(C(F)(F)F)C(OC)C2)C(=O)N2C[C@@H](C)C[C@H]2C(=O)NC2(CC(C)(C)C2)C(=O)N(C)[C@@H](C2CCCC2)C(=O)N1C. The van der Waals surface area contributed by atoms with E-state index in [9.17, 15) is 50.3 Å². The summed E-state index contributed by atoms with van der Waals surface area (Å²) in [7, 11) is 12.3. The highest BCUT2D eigenvalue weighted by molar-refractivity contribution is 6.01. The standard InChI is InChI=1S/C78H124F6N12O14/c1-16-35-88(7)69(103)58-41-62(98)91(10)55(34-37-109-14)66(100)86-64(48(4)17-2)72(106)90(9)44-63(99)92(11)56-25-19-18-22-36-95(71(56)105)59(39-49-26-30-52(31-27-49)77(79,80)81)70(104)89(8)43-61(97)85-54(33-29-50-28-32-53(78(82,83)84)60(40-50)110-15)68(102)96-42-47(3)38-57(96)67(101)87-76(45-75(5,6)46-76)74(108)94(13)65(73(107)93(58)12)51-23-20-21-24-51/h18-19,47-60,64-65H,16-17,20-46H2,1-15H3,(H,85,97)(H,86,100)(H,87,101)/b19-18-/t47-,48-,49?,50?,52?,53?,54-,55-,56-,57-,58-,59-,60?,64-,65-/m0/s1. The average molecular weight is 1570 g/mol. The molecule has 0 radical (unpaired) electrons. The van der Waals surface area contributed by atoms with Gasteiger partial charge < -0.3 is 69.5 Å². The Hall–Kier alpha value is -7.12. The fourth-order valence-corrected chi connectivity index (χ4v) is 18.3. The van der Waals surface area contributed by atoms with Crippen LogP contribution in [0.5, 0.6) is 0 Å². The molecule has 32 heteroatoms. The molecule has 1 spiro atoms. The molecular weight excluding hydrogens is 1440 g/mol. The molecule has 0 aromatic heterocycles. The van der Waals surface area contributed by atoms with E-state index >= 15 is 33.6 Å². The molecule has 3 heterocycles. The highest BCUT2D eigenvalue weighted by atomic mass is 19.4. The Labute approximate surface area is 645 Å². The van der Waals surface area contributed by atoms with E-state index in [-0.39, 0.29) is 135 Å². The van der Waals surface area contributed by atoms with Crippen LogP contribution in [0.1, 0.15) is 189 Å². The lowest BCUT2D eigenvalue weighted by atomic mass is 9.58. The van der Waals surface area contributed by atoms with Gasteiger partial charge in [0.1, 0.15) is 53.9 Å². The number of nitrogens with one attached hydrogen (secondary N) is 3. The van der Waals surface area contributed by atoms with Crippen molar-refractivity contribution in [2.45, 2.75) is 262 Å². The van der Waals surface area contributed by atoms with Crippen molar-refractivity contribution >= 4 is 70.9 Å². The quantitative estimate of drug-likeness (QED) is 0.113. The maximum Gasteiger partial charge on any atom is 0.394 e. The van der Waals surface area contributed by atoms with Crippen LogP contribution >= 0.6 is 0 Å². The molecule has 26 nitrogen and oxygen atoms in total. The van der Waals surface area contributed by atoms with Gasteiger partial charge in [0, 0.05) is 96.2 Å². The lowest BCUT2D eigenvalue weighted by Crippen LogP contribution is -2.71. The number of fused-ring (bicyclic) bond motifs is 3. The van der Waals surface area contributed by atoms with Crippen molar-refractivity contribution in [1.29, 1.82) is 0 Å². The van der Waals surface area contributed by atoms with E-state index in [2.05, 4.69) is 16.0 Å². The van der Waals surface area contributed by atoms with E-state index in [1.807, 2.05) is 27.7 Å². The monoisotopic (exact) mass is 1570 g/mol. The van der Waals surface area contributed by atoms with Crippen molar-refractivity contribution in [3.63, 3.8) is 0 Å². The fraction of sp³-hybridized carbons (Fsp3) is 0.821. The molecule has 3 unspecified atom stereocenters. The van der Waals surface area contributed by atoms with E-state index < -0.39 is 204 Å². The molecule has 0 aromatic rings. The summed E-state index contributed by atoms with van der Waals surface area (Å²) in [6.45, 7) is 9.61. The highest BCUT2D eigenvalue weighted by Gasteiger charge is 2.60. The molecule has 3 aliphatic heterocycles. The Morgan fingerprint density at radius 1 is 0.664 bits per heavy atom. The number of halogens is 6. The molecule has 4 saturated carbocycles. The van der Waals surface area contributed by atoms with Crippen LogP contribution in [0.15, 0.2) is 12.2 Å². The number of amides is 12. The number of hydrogen-bond donors (Lipinski definition) is 3. The zero-order valence-electron chi connectivity index (χ0n) is 67.4. The first-order valence-electron chi connectivity index (χ1n) is 39.7. The molecule has 13 atom stereocenters.